The Kier molecular flexibility index (Phi) is 8.44. The zero-order valence-electron chi connectivity index (χ0n) is 17.3. The van der Waals surface area contributed by atoms with Crippen molar-refractivity contribution in [1.82, 2.24) is 5.32 Å². The number of carbonyl (C=O) groups excluding carboxylic acids is 1. The second kappa shape index (κ2) is 11.0. The molecule has 2 aliphatic heterocycles. The highest BCUT2D eigenvalue weighted by atomic mass is 16.7. The minimum atomic E-state index is -0.960. The van der Waals surface area contributed by atoms with E-state index in [1.54, 1.807) is 0 Å². The Hall–Kier alpha value is -1.51. The van der Waals surface area contributed by atoms with Crippen molar-refractivity contribution in [3.63, 3.8) is 0 Å². The Labute approximate surface area is 172 Å². The van der Waals surface area contributed by atoms with Gasteiger partial charge >= 0.3 is 0 Å². The fraction of sp³-hybridized carbons (Fsp3) is 0.682. The third kappa shape index (κ3) is 5.99. The maximum absolute atomic E-state index is 11.7. The number of carbonyl (C=O) groups is 1. The Balaban J connectivity index is 1.61. The van der Waals surface area contributed by atoms with E-state index in [1.165, 1.54) is 26.2 Å². The van der Waals surface area contributed by atoms with E-state index in [0.717, 1.165) is 18.4 Å². The fourth-order valence-corrected chi connectivity index (χ4v) is 3.81. The molecule has 1 aromatic carbocycles. The van der Waals surface area contributed by atoms with Gasteiger partial charge in [0.05, 0.1) is 6.61 Å². The number of aliphatic hydroxyl groups excluding tert-OH is 1. The number of amides is 1. The molecule has 162 valence electrons. The van der Waals surface area contributed by atoms with Crippen molar-refractivity contribution in [3.8, 4) is 0 Å². The van der Waals surface area contributed by atoms with Crippen LogP contribution in [0.5, 0.6) is 0 Å². The minimum Gasteiger partial charge on any atom is -0.388 e. The maximum atomic E-state index is 11.7. The molecular weight excluding hydrogens is 374 g/mol. The molecule has 29 heavy (non-hydrogen) atoms. The van der Waals surface area contributed by atoms with E-state index in [0.29, 0.717) is 6.61 Å². The Morgan fingerprint density at radius 3 is 2.66 bits per heavy atom. The second-order valence-electron chi connectivity index (χ2n) is 7.72. The van der Waals surface area contributed by atoms with Crippen LogP contribution in [-0.4, -0.2) is 54.9 Å². The van der Waals surface area contributed by atoms with Gasteiger partial charge in [-0.25, -0.2) is 0 Å². The third-order valence-electron chi connectivity index (χ3n) is 5.34. The van der Waals surface area contributed by atoms with Crippen molar-refractivity contribution in [2.45, 2.75) is 82.9 Å². The summed E-state index contributed by atoms with van der Waals surface area (Å²) in [5.41, 5.74) is 0.875. The maximum Gasteiger partial charge on any atom is 0.217 e. The van der Waals surface area contributed by atoms with Crippen LogP contribution in [0.3, 0.4) is 0 Å². The molecule has 6 atom stereocenters. The number of hydrogen-bond acceptors (Lipinski definition) is 6. The molecule has 1 aromatic rings. The Morgan fingerprint density at radius 2 is 1.93 bits per heavy atom. The van der Waals surface area contributed by atoms with Gasteiger partial charge in [0.25, 0.3) is 0 Å². The summed E-state index contributed by atoms with van der Waals surface area (Å²) in [6.45, 7) is 4.39. The molecule has 2 aliphatic rings. The molecule has 0 aromatic heterocycles. The normalized spacial score (nSPS) is 31.8. The smallest absolute Gasteiger partial charge is 0.217 e. The molecule has 1 amide bonds. The number of fused-ring (bicyclic) bond motifs is 1. The molecule has 3 rings (SSSR count). The first-order valence-corrected chi connectivity index (χ1v) is 10.6. The predicted octanol–water partition coefficient (Wildman–Crippen LogP) is 2.68. The number of aliphatic hydroxyl groups is 1. The van der Waals surface area contributed by atoms with Crippen molar-refractivity contribution in [1.29, 1.82) is 0 Å². The summed E-state index contributed by atoms with van der Waals surface area (Å²) < 4.78 is 23.8. The van der Waals surface area contributed by atoms with Crippen LogP contribution in [0.15, 0.2) is 30.3 Å². The van der Waals surface area contributed by atoms with Gasteiger partial charge in [0.2, 0.25) is 5.91 Å². The topological polar surface area (TPSA) is 86.2 Å². The molecule has 2 fully saturated rings. The highest BCUT2D eigenvalue weighted by molar-refractivity contribution is 5.73. The SMILES string of the molecule is CCCCCCCO[C@@H]1O[C@@H]2COC(c3ccccc3)O[C@H]2[C@H](O)[C@H]1NC(C)=O. The van der Waals surface area contributed by atoms with Gasteiger partial charge in [0.1, 0.15) is 24.4 Å². The van der Waals surface area contributed by atoms with Crippen molar-refractivity contribution >= 4 is 5.91 Å². The number of benzene rings is 1. The van der Waals surface area contributed by atoms with Crippen LogP contribution in [0.25, 0.3) is 0 Å². The Bertz CT molecular complexity index is 627. The number of hydrogen-bond donors (Lipinski definition) is 2. The summed E-state index contributed by atoms with van der Waals surface area (Å²) in [7, 11) is 0. The van der Waals surface area contributed by atoms with Gasteiger partial charge in [-0.3, -0.25) is 4.79 Å². The van der Waals surface area contributed by atoms with Gasteiger partial charge in [-0.15, -0.1) is 0 Å². The standard InChI is InChI=1S/C22H33NO6/c1-3-4-5-6-10-13-26-22-18(23-15(2)24)19(25)20-17(28-22)14-27-21(29-20)16-11-8-7-9-12-16/h7-9,11-12,17-22,25H,3-6,10,13-14H2,1-2H3,(H,23,24)/t17-,18-,19-,20-,21?,22-/m1/s1. The number of ether oxygens (including phenoxy) is 4. The molecule has 0 radical (unpaired) electrons. The lowest BCUT2D eigenvalue weighted by molar-refractivity contribution is -0.344. The predicted molar refractivity (Wildman–Crippen MR) is 107 cm³/mol. The molecule has 2 saturated heterocycles. The minimum absolute atomic E-state index is 0.251. The molecule has 7 heteroatoms. The average molecular weight is 408 g/mol. The summed E-state index contributed by atoms with van der Waals surface area (Å²) in [4.78, 5) is 11.7. The van der Waals surface area contributed by atoms with Gasteiger partial charge in [-0.05, 0) is 6.42 Å². The lowest BCUT2D eigenvalue weighted by atomic mass is 9.95. The Morgan fingerprint density at radius 1 is 1.17 bits per heavy atom. The van der Waals surface area contributed by atoms with Crippen LogP contribution in [0.1, 0.15) is 57.8 Å². The van der Waals surface area contributed by atoms with Gasteiger partial charge in [-0.1, -0.05) is 62.9 Å². The molecule has 1 unspecified atom stereocenters. The first-order valence-electron chi connectivity index (χ1n) is 10.6. The van der Waals surface area contributed by atoms with Crippen molar-refractivity contribution < 1.29 is 28.8 Å². The van der Waals surface area contributed by atoms with Gasteiger partial charge in [0, 0.05) is 19.1 Å². The lowest BCUT2D eigenvalue weighted by Gasteiger charge is -2.47. The van der Waals surface area contributed by atoms with Crippen LogP contribution in [-0.2, 0) is 23.7 Å². The van der Waals surface area contributed by atoms with Gasteiger partial charge in [-0.2, -0.15) is 0 Å². The van der Waals surface area contributed by atoms with Gasteiger partial charge in [0.15, 0.2) is 12.6 Å². The summed E-state index contributed by atoms with van der Waals surface area (Å²) >= 11 is 0. The van der Waals surface area contributed by atoms with E-state index in [4.69, 9.17) is 18.9 Å². The second-order valence-corrected chi connectivity index (χ2v) is 7.72. The molecule has 0 aliphatic carbocycles. The van der Waals surface area contributed by atoms with Gasteiger partial charge < -0.3 is 29.4 Å². The molecular formula is C22H33NO6. The van der Waals surface area contributed by atoms with Crippen LogP contribution in [0.2, 0.25) is 0 Å². The van der Waals surface area contributed by atoms with E-state index in [2.05, 4.69) is 12.2 Å². The monoisotopic (exact) mass is 407 g/mol. The van der Waals surface area contributed by atoms with E-state index in [1.807, 2.05) is 30.3 Å². The van der Waals surface area contributed by atoms with Crippen molar-refractivity contribution in [2.75, 3.05) is 13.2 Å². The average Bonchev–Trinajstić information content (AvgIpc) is 2.73. The number of nitrogens with one attached hydrogen (secondary N) is 1. The van der Waals surface area contributed by atoms with Crippen LogP contribution >= 0.6 is 0 Å². The summed E-state index contributed by atoms with van der Waals surface area (Å²) in [5, 5.41) is 13.7. The van der Waals surface area contributed by atoms with Crippen molar-refractivity contribution in [3.05, 3.63) is 35.9 Å². The largest absolute Gasteiger partial charge is 0.388 e. The van der Waals surface area contributed by atoms with Crippen LogP contribution in [0.4, 0.5) is 0 Å². The molecule has 7 nitrogen and oxygen atoms in total. The number of rotatable bonds is 9. The quantitative estimate of drug-likeness (QED) is 0.612. The molecule has 2 N–H and O–H groups in total. The first kappa shape index (κ1) is 22.2. The third-order valence-corrected chi connectivity index (χ3v) is 5.34. The fourth-order valence-electron chi connectivity index (χ4n) is 3.81. The highest BCUT2D eigenvalue weighted by Gasteiger charge is 2.50. The van der Waals surface area contributed by atoms with E-state index in [-0.39, 0.29) is 12.5 Å². The molecule has 0 spiro atoms. The summed E-state index contributed by atoms with van der Waals surface area (Å²) in [6.07, 6.45) is 2.24. The van der Waals surface area contributed by atoms with E-state index >= 15 is 0 Å². The zero-order chi connectivity index (χ0) is 20.6. The molecule has 0 bridgehead atoms. The molecule has 2 heterocycles. The van der Waals surface area contributed by atoms with Crippen LogP contribution < -0.4 is 5.32 Å². The summed E-state index contributed by atoms with van der Waals surface area (Å²) in [5.74, 6) is -0.251. The summed E-state index contributed by atoms with van der Waals surface area (Å²) in [6, 6.07) is 8.87. The first-order chi connectivity index (χ1) is 14.1. The zero-order valence-corrected chi connectivity index (χ0v) is 17.3. The highest BCUT2D eigenvalue weighted by Crippen LogP contribution is 2.34. The molecule has 0 saturated carbocycles. The van der Waals surface area contributed by atoms with E-state index < -0.39 is 36.9 Å². The van der Waals surface area contributed by atoms with Crippen molar-refractivity contribution in [2.24, 2.45) is 0 Å². The number of unbranched alkanes of at least 4 members (excludes halogenated alkanes) is 4. The van der Waals surface area contributed by atoms with Crippen LogP contribution in [0, 0.1) is 0 Å². The lowest BCUT2D eigenvalue weighted by Crippen LogP contribution is -2.66. The van der Waals surface area contributed by atoms with E-state index in [9.17, 15) is 9.90 Å².